The minimum Gasteiger partial charge on any atom is -0.351 e. The average molecular weight is 296 g/mol. The molecular weight excluding hydrogens is 278 g/mol. The quantitative estimate of drug-likeness (QED) is 0.778. The molecule has 0 aliphatic heterocycles. The molecule has 0 atom stereocenters. The lowest BCUT2D eigenvalue weighted by Crippen LogP contribution is -2.24. The van der Waals surface area contributed by atoms with Gasteiger partial charge in [-0.1, -0.05) is 24.6 Å². The van der Waals surface area contributed by atoms with Gasteiger partial charge < -0.3 is 4.90 Å². The number of anilines is 1. The van der Waals surface area contributed by atoms with Gasteiger partial charge in [0.15, 0.2) is 0 Å². The SMILES string of the molecule is CCc1nc(Cl)c(C)c(N(CC)Cc2cccs2)n1. The molecule has 0 fully saturated rings. The van der Waals surface area contributed by atoms with Crippen LogP contribution in [0.5, 0.6) is 0 Å². The van der Waals surface area contributed by atoms with Crippen molar-refractivity contribution in [1.82, 2.24) is 9.97 Å². The molecule has 5 heteroatoms. The summed E-state index contributed by atoms with van der Waals surface area (Å²) in [6.45, 7) is 7.92. The van der Waals surface area contributed by atoms with Crippen molar-refractivity contribution in [2.24, 2.45) is 0 Å². The summed E-state index contributed by atoms with van der Waals surface area (Å²) in [6.07, 6.45) is 0.795. The average Bonchev–Trinajstić information content (AvgIpc) is 2.92. The van der Waals surface area contributed by atoms with E-state index in [1.165, 1.54) is 4.88 Å². The number of rotatable bonds is 5. The van der Waals surface area contributed by atoms with Gasteiger partial charge >= 0.3 is 0 Å². The molecule has 2 aromatic rings. The van der Waals surface area contributed by atoms with Gasteiger partial charge in [-0.15, -0.1) is 11.3 Å². The van der Waals surface area contributed by atoms with Crippen LogP contribution in [0.3, 0.4) is 0 Å². The van der Waals surface area contributed by atoms with E-state index in [9.17, 15) is 0 Å². The smallest absolute Gasteiger partial charge is 0.137 e. The summed E-state index contributed by atoms with van der Waals surface area (Å²) in [5.74, 6) is 1.75. The molecule has 0 aliphatic carbocycles. The molecule has 0 aliphatic rings. The zero-order valence-corrected chi connectivity index (χ0v) is 13.1. The highest BCUT2D eigenvalue weighted by Gasteiger charge is 2.15. The minimum atomic E-state index is 0.562. The third kappa shape index (κ3) is 3.25. The Bertz CT molecular complexity index is 540. The van der Waals surface area contributed by atoms with Gasteiger partial charge in [0.2, 0.25) is 0 Å². The Morgan fingerprint density at radius 1 is 1.32 bits per heavy atom. The molecule has 0 N–H and O–H groups in total. The number of hydrogen-bond donors (Lipinski definition) is 0. The number of hydrogen-bond acceptors (Lipinski definition) is 4. The Balaban J connectivity index is 2.34. The molecule has 2 rings (SSSR count). The molecule has 0 spiro atoms. The summed E-state index contributed by atoms with van der Waals surface area (Å²) in [5, 5.41) is 2.66. The number of nitrogens with zero attached hydrogens (tertiary/aromatic N) is 3. The van der Waals surface area contributed by atoms with Crippen LogP contribution in [0.4, 0.5) is 5.82 Å². The van der Waals surface area contributed by atoms with Crippen molar-refractivity contribution in [3.8, 4) is 0 Å². The summed E-state index contributed by atoms with van der Waals surface area (Å²) >= 11 is 7.97. The Morgan fingerprint density at radius 2 is 2.11 bits per heavy atom. The van der Waals surface area contributed by atoms with Crippen LogP contribution in [-0.2, 0) is 13.0 Å². The van der Waals surface area contributed by atoms with Crippen molar-refractivity contribution >= 4 is 28.8 Å². The first-order valence-corrected chi connectivity index (χ1v) is 7.71. The Kier molecular flexibility index (Phi) is 4.77. The normalized spacial score (nSPS) is 10.7. The van der Waals surface area contributed by atoms with Crippen molar-refractivity contribution in [3.63, 3.8) is 0 Å². The van der Waals surface area contributed by atoms with E-state index in [0.29, 0.717) is 5.15 Å². The first-order chi connectivity index (χ1) is 9.15. The summed E-state index contributed by atoms with van der Waals surface area (Å²) in [5.41, 5.74) is 0.956. The van der Waals surface area contributed by atoms with Crippen LogP contribution in [0.15, 0.2) is 17.5 Å². The van der Waals surface area contributed by atoms with Crippen molar-refractivity contribution in [2.75, 3.05) is 11.4 Å². The fraction of sp³-hybridized carbons (Fsp3) is 0.429. The summed E-state index contributed by atoms with van der Waals surface area (Å²) in [6, 6.07) is 4.22. The summed E-state index contributed by atoms with van der Waals surface area (Å²) in [4.78, 5) is 12.5. The van der Waals surface area contributed by atoms with Gasteiger partial charge in [0.25, 0.3) is 0 Å². The molecule has 0 unspecified atom stereocenters. The highest BCUT2D eigenvalue weighted by atomic mass is 35.5. The molecule has 0 radical (unpaired) electrons. The topological polar surface area (TPSA) is 29.0 Å². The molecular formula is C14H18ClN3S. The molecule has 0 amide bonds. The second-order valence-electron chi connectivity index (χ2n) is 4.33. The van der Waals surface area contributed by atoms with E-state index in [0.717, 1.165) is 36.7 Å². The van der Waals surface area contributed by atoms with Crippen LogP contribution in [0.2, 0.25) is 5.15 Å². The first-order valence-electron chi connectivity index (χ1n) is 6.46. The number of thiophene rings is 1. The molecule has 2 heterocycles. The fourth-order valence-corrected chi connectivity index (χ4v) is 2.82. The molecule has 19 heavy (non-hydrogen) atoms. The van der Waals surface area contributed by atoms with E-state index >= 15 is 0 Å². The molecule has 0 aromatic carbocycles. The van der Waals surface area contributed by atoms with Crippen molar-refractivity contribution < 1.29 is 0 Å². The highest BCUT2D eigenvalue weighted by Crippen LogP contribution is 2.25. The van der Waals surface area contributed by atoms with Crippen molar-refractivity contribution in [2.45, 2.75) is 33.7 Å². The third-order valence-corrected chi connectivity index (χ3v) is 4.26. The zero-order valence-electron chi connectivity index (χ0n) is 11.5. The Labute approximate surface area is 123 Å². The van der Waals surface area contributed by atoms with Crippen LogP contribution >= 0.6 is 22.9 Å². The monoisotopic (exact) mass is 295 g/mol. The fourth-order valence-electron chi connectivity index (χ4n) is 1.91. The van der Waals surface area contributed by atoms with Gasteiger partial charge in [-0.3, -0.25) is 0 Å². The van der Waals surface area contributed by atoms with Gasteiger partial charge in [0, 0.05) is 23.4 Å². The Morgan fingerprint density at radius 3 is 2.68 bits per heavy atom. The molecule has 0 saturated heterocycles. The minimum absolute atomic E-state index is 0.562. The maximum absolute atomic E-state index is 6.21. The van der Waals surface area contributed by atoms with E-state index < -0.39 is 0 Å². The molecule has 0 saturated carbocycles. The Hall–Kier alpha value is -1.13. The zero-order chi connectivity index (χ0) is 13.8. The van der Waals surface area contributed by atoms with Gasteiger partial charge in [-0.2, -0.15) is 0 Å². The molecule has 3 nitrogen and oxygen atoms in total. The van der Waals surface area contributed by atoms with E-state index in [4.69, 9.17) is 11.6 Å². The largest absolute Gasteiger partial charge is 0.351 e. The second-order valence-corrected chi connectivity index (χ2v) is 5.72. The number of aryl methyl sites for hydroxylation is 1. The first kappa shape index (κ1) is 14.3. The second kappa shape index (κ2) is 6.35. The van der Waals surface area contributed by atoms with E-state index in [1.807, 2.05) is 13.8 Å². The van der Waals surface area contributed by atoms with Gasteiger partial charge in [0.05, 0.1) is 6.54 Å². The van der Waals surface area contributed by atoms with Gasteiger partial charge in [0.1, 0.15) is 16.8 Å². The van der Waals surface area contributed by atoms with Crippen LogP contribution in [0.1, 0.15) is 30.1 Å². The summed E-state index contributed by atoms with van der Waals surface area (Å²) < 4.78 is 0. The highest BCUT2D eigenvalue weighted by molar-refractivity contribution is 7.09. The number of halogens is 1. The van der Waals surface area contributed by atoms with Crippen LogP contribution in [0, 0.1) is 6.92 Å². The lowest BCUT2D eigenvalue weighted by molar-refractivity contribution is 0.797. The van der Waals surface area contributed by atoms with Crippen molar-refractivity contribution in [3.05, 3.63) is 38.9 Å². The van der Waals surface area contributed by atoms with Crippen LogP contribution < -0.4 is 4.90 Å². The van der Waals surface area contributed by atoms with E-state index in [1.54, 1.807) is 11.3 Å². The lowest BCUT2D eigenvalue weighted by Gasteiger charge is -2.23. The summed E-state index contributed by atoms with van der Waals surface area (Å²) in [7, 11) is 0. The molecule has 0 bridgehead atoms. The third-order valence-electron chi connectivity index (χ3n) is 3.03. The number of aromatic nitrogens is 2. The predicted octanol–water partition coefficient (Wildman–Crippen LogP) is 4.09. The van der Waals surface area contributed by atoms with E-state index in [2.05, 4.69) is 39.3 Å². The van der Waals surface area contributed by atoms with Crippen LogP contribution in [-0.4, -0.2) is 16.5 Å². The van der Waals surface area contributed by atoms with Crippen molar-refractivity contribution in [1.29, 1.82) is 0 Å². The molecule has 102 valence electrons. The van der Waals surface area contributed by atoms with Crippen LogP contribution in [0.25, 0.3) is 0 Å². The van der Waals surface area contributed by atoms with Gasteiger partial charge in [-0.25, -0.2) is 9.97 Å². The van der Waals surface area contributed by atoms with Gasteiger partial charge in [-0.05, 0) is 25.3 Å². The maximum atomic E-state index is 6.21. The standard InChI is InChI=1S/C14H18ClN3S/c1-4-12-16-13(15)10(3)14(17-12)18(5-2)9-11-7-6-8-19-11/h6-8H,4-5,9H2,1-3H3. The lowest BCUT2D eigenvalue weighted by atomic mass is 10.3. The maximum Gasteiger partial charge on any atom is 0.137 e. The predicted molar refractivity (Wildman–Crippen MR) is 82.2 cm³/mol. The van der Waals surface area contributed by atoms with E-state index in [-0.39, 0.29) is 0 Å². The molecule has 2 aromatic heterocycles.